The maximum absolute atomic E-state index is 12.7. The van der Waals surface area contributed by atoms with Gasteiger partial charge in [0.15, 0.2) is 0 Å². The van der Waals surface area contributed by atoms with Crippen LogP contribution in [-0.2, 0) is 4.79 Å². The number of carbonyl (C=O) groups is 2. The molecule has 1 saturated heterocycles. The highest BCUT2D eigenvalue weighted by molar-refractivity contribution is 5.99. The lowest BCUT2D eigenvalue weighted by Gasteiger charge is -2.31. The summed E-state index contributed by atoms with van der Waals surface area (Å²) in [6.45, 7) is 6.86. The molecule has 0 saturated carbocycles. The van der Waals surface area contributed by atoms with Crippen LogP contribution in [0.15, 0.2) is 24.3 Å². The van der Waals surface area contributed by atoms with Crippen molar-refractivity contribution in [2.75, 3.05) is 13.7 Å². The Hall–Kier alpha value is -1.79. The van der Waals surface area contributed by atoms with Crippen LogP contribution in [-0.4, -0.2) is 43.6 Å². The molecule has 0 radical (unpaired) electrons. The largest absolute Gasteiger partial charge is 0.496 e. The van der Waals surface area contributed by atoms with Crippen molar-refractivity contribution in [2.24, 2.45) is 5.92 Å². The van der Waals surface area contributed by atoms with E-state index in [0.29, 0.717) is 17.4 Å². The van der Waals surface area contributed by atoms with Crippen molar-refractivity contribution in [3.63, 3.8) is 0 Å². The molecule has 0 spiro atoms. The highest BCUT2D eigenvalue weighted by Crippen LogP contribution is 2.18. The van der Waals surface area contributed by atoms with Crippen LogP contribution >= 0.6 is 12.4 Å². The number of carbonyl (C=O) groups excluding carboxylic acids is 2. The molecule has 3 unspecified atom stereocenters. The first-order valence-electron chi connectivity index (χ1n) is 8.90. The molecule has 1 fully saturated rings. The Kier molecular flexibility index (Phi) is 8.88. The van der Waals surface area contributed by atoms with Gasteiger partial charge in [0.1, 0.15) is 11.8 Å². The number of halogens is 1. The minimum atomic E-state index is -0.581. The van der Waals surface area contributed by atoms with E-state index in [4.69, 9.17) is 4.74 Å². The molecule has 1 aliphatic rings. The summed E-state index contributed by atoms with van der Waals surface area (Å²) in [6, 6.07) is 6.96. The van der Waals surface area contributed by atoms with Crippen LogP contribution in [0.5, 0.6) is 5.75 Å². The van der Waals surface area contributed by atoms with Gasteiger partial charge in [-0.3, -0.25) is 9.59 Å². The van der Waals surface area contributed by atoms with Gasteiger partial charge in [-0.15, -0.1) is 12.4 Å². The predicted octanol–water partition coefficient (Wildman–Crippen LogP) is 2.13. The van der Waals surface area contributed by atoms with Gasteiger partial charge in [-0.05, 0) is 44.4 Å². The SMILES string of the molecule is COc1ccccc1C(=O)NC(C(=O)NC1CCNC(C)C1)C(C)C.Cl. The monoisotopic (exact) mass is 383 g/mol. The molecule has 1 aliphatic heterocycles. The molecule has 0 aliphatic carbocycles. The zero-order valence-electron chi connectivity index (χ0n) is 15.9. The third-order valence-electron chi connectivity index (χ3n) is 4.56. The van der Waals surface area contributed by atoms with E-state index >= 15 is 0 Å². The number of benzene rings is 1. The Morgan fingerprint density at radius 1 is 1.27 bits per heavy atom. The smallest absolute Gasteiger partial charge is 0.255 e. The summed E-state index contributed by atoms with van der Waals surface area (Å²) in [5, 5.41) is 9.32. The minimum Gasteiger partial charge on any atom is -0.496 e. The Bertz CT molecular complexity index is 609. The number of para-hydroxylation sites is 1. The van der Waals surface area contributed by atoms with E-state index in [1.165, 1.54) is 7.11 Å². The molecule has 2 amide bonds. The van der Waals surface area contributed by atoms with Crippen LogP contribution in [0.3, 0.4) is 0 Å². The molecule has 0 aromatic heterocycles. The van der Waals surface area contributed by atoms with Crippen molar-refractivity contribution in [3.05, 3.63) is 29.8 Å². The molecule has 1 aromatic carbocycles. The third kappa shape index (κ3) is 5.88. The molecule has 7 heteroatoms. The maximum atomic E-state index is 12.7. The van der Waals surface area contributed by atoms with Crippen molar-refractivity contribution in [2.45, 2.75) is 51.7 Å². The van der Waals surface area contributed by atoms with E-state index < -0.39 is 6.04 Å². The number of piperidine rings is 1. The summed E-state index contributed by atoms with van der Waals surface area (Å²) < 4.78 is 5.23. The molecule has 6 nitrogen and oxygen atoms in total. The van der Waals surface area contributed by atoms with Crippen molar-refractivity contribution >= 4 is 24.2 Å². The second-order valence-corrected chi connectivity index (χ2v) is 6.98. The number of ether oxygens (including phenoxy) is 1. The lowest BCUT2D eigenvalue weighted by molar-refractivity contribution is -0.124. The van der Waals surface area contributed by atoms with E-state index in [1.54, 1.807) is 24.3 Å². The van der Waals surface area contributed by atoms with Gasteiger partial charge < -0.3 is 20.7 Å². The molecular weight excluding hydrogens is 354 g/mol. The highest BCUT2D eigenvalue weighted by Gasteiger charge is 2.28. The molecule has 3 N–H and O–H groups in total. The van der Waals surface area contributed by atoms with Gasteiger partial charge in [-0.1, -0.05) is 26.0 Å². The Morgan fingerprint density at radius 2 is 1.96 bits per heavy atom. The minimum absolute atomic E-state index is 0. The zero-order valence-corrected chi connectivity index (χ0v) is 16.7. The fraction of sp³-hybridized carbons (Fsp3) is 0.579. The number of amides is 2. The lowest BCUT2D eigenvalue weighted by atomic mass is 9.98. The van der Waals surface area contributed by atoms with Gasteiger partial charge in [0.2, 0.25) is 5.91 Å². The second kappa shape index (κ2) is 10.4. The van der Waals surface area contributed by atoms with Gasteiger partial charge >= 0.3 is 0 Å². The van der Waals surface area contributed by atoms with Crippen molar-refractivity contribution in [1.82, 2.24) is 16.0 Å². The molecule has 2 rings (SSSR count). The standard InChI is InChI=1S/C19H29N3O3.ClH/c1-12(2)17(19(24)21-14-9-10-20-13(3)11-14)22-18(23)15-7-5-6-8-16(15)25-4;/h5-8,12-14,17,20H,9-11H2,1-4H3,(H,21,24)(H,22,23);1H. The summed E-state index contributed by atoms with van der Waals surface area (Å²) in [6.07, 6.45) is 1.80. The van der Waals surface area contributed by atoms with E-state index in [2.05, 4.69) is 22.9 Å². The molecule has 0 bridgehead atoms. The van der Waals surface area contributed by atoms with Gasteiger partial charge in [0.25, 0.3) is 5.91 Å². The second-order valence-electron chi connectivity index (χ2n) is 6.98. The summed E-state index contributed by atoms with van der Waals surface area (Å²) in [7, 11) is 1.52. The van der Waals surface area contributed by atoms with Crippen molar-refractivity contribution in [3.8, 4) is 5.75 Å². The average Bonchev–Trinajstić information content (AvgIpc) is 2.59. The van der Waals surface area contributed by atoms with Crippen LogP contribution in [0.2, 0.25) is 0 Å². The van der Waals surface area contributed by atoms with Gasteiger partial charge in [0, 0.05) is 12.1 Å². The van der Waals surface area contributed by atoms with E-state index in [9.17, 15) is 9.59 Å². The topological polar surface area (TPSA) is 79.5 Å². The summed E-state index contributed by atoms with van der Waals surface area (Å²) >= 11 is 0. The van der Waals surface area contributed by atoms with E-state index in [0.717, 1.165) is 19.4 Å². The molecule has 146 valence electrons. The molecule has 1 heterocycles. The fourth-order valence-corrected chi connectivity index (χ4v) is 3.14. The number of methoxy groups -OCH3 is 1. The van der Waals surface area contributed by atoms with E-state index in [1.807, 2.05) is 13.8 Å². The Morgan fingerprint density at radius 3 is 2.58 bits per heavy atom. The van der Waals surface area contributed by atoms with Crippen molar-refractivity contribution < 1.29 is 14.3 Å². The van der Waals surface area contributed by atoms with Gasteiger partial charge in [-0.25, -0.2) is 0 Å². The first-order valence-corrected chi connectivity index (χ1v) is 8.90. The van der Waals surface area contributed by atoms with Gasteiger partial charge in [0.05, 0.1) is 12.7 Å². The lowest BCUT2D eigenvalue weighted by Crippen LogP contribution is -2.54. The zero-order chi connectivity index (χ0) is 18.4. The Labute approximate surface area is 161 Å². The Balaban J connectivity index is 0.00000338. The number of rotatable bonds is 6. The fourth-order valence-electron chi connectivity index (χ4n) is 3.14. The predicted molar refractivity (Wildman–Crippen MR) is 105 cm³/mol. The number of hydrogen-bond acceptors (Lipinski definition) is 4. The first kappa shape index (κ1) is 22.3. The van der Waals surface area contributed by atoms with Crippen molar-refractivity contribution in [1.29, 1.82) is 0 Å². The first-order chi connectivity index (χ1) is 11.9. The summed E-state index contributed by atoms with van der Waals surface area (Å²) in [4.78, 5) is 25.3. The van der Waals surface area contributed by atoms with Crippen LogP contribution in [0.25, 0.3) is 0 Å². The van der Waals surface area contributed by atoms with Crippen LogP contribution < -0.4 is 20.7 Å². The average molecular weight is 384 g/mol. The molecule has 26 heavy (non-hydrogen) atoms. The third-order valence-corrected chi connectivity index (χ3v) is 4.56. The van der Waals surface area contributed by atoms with E-state index in [-0.39, 0.29) is 36.2 Å². The summed E-state index contributed by atoms with van der Waals surface area (Å²) in [5.74, 6) is 0.0511. The maximum Gasteiger partial charge on any atom is 0.255 e. The quantitative estimate of drug-likeness (QED) is 0.703. The molecule has 3 atom stereocenters. The van der Waals surface area contributed by atoms with Crippen LogP contribution in [0, 0.1) is 5.92 Å². The molecular formula is C19H30ClN3O3. The van der Waals surface area contributed by atoms with Crippen LogP contribution in [0.4, 0.5) is 0 Å². The van der Waals surface area contributed by atoms with Crippen LogP contribution in [0.1, 0.15) is 44.0 Å². The highest BCUT2D eigenvalue weighted by atomic mass is 35.5. The molecule has 1 aromatic rings. The summed E-state index contributed by atoms with van der Waals surface area (Å²) in [5.41, 5.74) is 0.430. The number of hydrogen-bond donors (Lipinski definition) is 3. The van der Waals surface area contributed by atoms with Gasteiger partial charge in [-0.2, -0.15) is 0 Å². The normalized spacial score (nSPS) is 20.7. The number of nitrogens with one attached hydrogen (secondary N) is 3.